The lowest BCUT2D eigenvalue weighted by Gasteiger charge is -2.39. The molecule has 0 aromatic heterocycles. The summed E-state index contributed by atoms with van der Waals surface area (Å²) >= 11 is 0. The van der Waals surface area contributed by atoms with E-state index in [1.807, 2.05) is 41.5 Å². The maximum Gasteiger partial charge on any atom is 0.459 e. The lowest BCUT2D eigenvalue weighted by atomic mass is 9.81. The van der Waals surface area contributed by atoms with Gasteiger partial charge in [-0.15, -0.1) is 0 Å². The van der Waals surface area contributed by atoms with Crippen LogP contribution in [0.25, 0.3) is 0 Å². The van der Waals surface area contributed by atoms with Crippen molar-refractivity contribution in [3.05, 3.63) is 24.3 Å². The first kappa shape index (κ1) is 51.9. The van der Waals surface area contributed by atoms with E-state index in [1.54, 1.807) is 0 Å². The third kappa shape index (κ3) is 12.6. The molecule has 0 radical (unpaired) electrons. The van der Waals surface area contributed by atoms with Gasteiger partial charge in [0.2, 0.25) is 0 Å². The highest BCUT2D eigenvalue weighted by molar-refractivity contribution is 5.89. The minimum atomic E-state index is -5.82. The summed E-state index contributed by atoms with van der Waals surface area (Å²) in [5.41, 5.74) is -8.94. The van der Waals surface area contributed by atoms with Crippen molar-refractivity contribution in [2.24, 2.45) is 41.4 Å². The van der Waals surface area contributed by atoms with E-state index in [1.165, 1.54) is 25.7 Å². The number of alkyl halides is 18. The molecule has 0 spiro atoms. The molecule has 8 aliphatic rings. The lowest BCUT2D eigenvalue weighted by Crippen LogP contribution is -2.62. The zero-order chi connectivity index (χ0) is 45.7. The molecule has 8 rings (SSSR count). The number of carbonyl (C=O) groups excluding carboxylic acids is 1. The summed E-state index contributed by atoms with van der Waals surface area (Å²) in [5, 5.41) is 7.94. The molecule has 1 saturated heterocycles. The fourth-order valence-corrected chi connectivity index (χ4v) is 6.68. The Morgan fingerprint density at radius 1 is 0.569 bits per heavy atom. The number of hydrogen-bond donors (Lipinski definition) is 1. The van der Waals surface area contributed by atoms with E-state index in [4.69, 9.17) is 14.9 Å². The van der Waals surface area contributed by atoms with Gasteiger partial charge < -0.3 is 9.84 Å². The minimum absolute atomic E-state index is 0.0252. The number of fused-ring (bicyclic) bond motifs is 2. The number of rotatable bonds is 1. The zero-order valence-corrected chi connectivity index (χ0v) is 31.8. The Morgan fingerprint density at radius 2 is 0.914 bits per heavy atom. The van der Waals surface area contributed by atoms with Gasteiger partial charge >= 0.3 is 42.8 Å². The lowest BCUT2D eigenvalue weighted by molar-refractivity contribution is -0.393. The summed E-state index contributed by atoms with van der Waals surface area (Å²) in [6, 6.07) is 0. The molecular formula is C35H44F18O5. The van der Waals surface area contributed by atoms with Crippen molar-refractivity contribution >= 4 is 5.78 Å². The second kappa shape index (κ2) is 16.9. The number of carbonyl (C=O) groups is 1. The van der Waals surface area contributed by atoms with Crippen molar-refractivity contribution in [1.29, 1.82) is 0 Å². The third-order valence-corrected chi connectivity index (χ3v) is 9.42. The van der Waals surface area contributed by atoms with Crippen LogP contribution in [0.1, 0.15) is 80.6 Å². The summed E-state index contributed by atoms with van der Waals surface area (Å²) in [7, 11) is 0. The summed E-state index contributed by atoms with van der Waals surface area (Å²) in [5.74, 6) is -4.35. The van der Waals surface area contributed by atoms with Crippen molar-refractivity contribution in [1.82, 2.24) is 0 Å². The predicted octanol–water partition coefficient (Wildman–Crippen LogP) is 11.8. The summed E-state index contributed by atoms with van der Waals surface area (Å²) in [6.07, 6.45) is -19.0. The quantitative estimate of drug-likeness (QED) is 0.123. The largest absolute Gasteiger partial charge is 0.459 e. The van der Waals surface area contributed by atoms with Crippen LogP contribution in [-0.2, 0) is 19.3 Å². The molecule has 0 amide bonds. The monoisotopic (exact) mass is 886 g/mol. The van der Waals surface area contributed by atoms with Gasteiger partial charge in [0.05, 0.1) is 17.3 Å². The molecule has 1 aliphatic heterocycles. The van der Waals surface area contributed by atoms with Gasteiger partial charge in [0.15, 0.2) is 0 Å². The van der Waals surface area contributed by atoms with E-state index in [0.717, 1.165) is 11.8 Å². The Balaban J connectivity index is 0.000000253. The molecule has 6 fully saturated rings. The van der Waals surface area contributed by atoms with Gasteiger partial charge in [0.1, 0.15) is 0 Å². The fraction of sp³-hybridized carbons (Fsp3) is 0.857. The van der Waals surface area contributed by atoms with E-state index in [0.29, 0.717) is 6.42 Å². The maximum atomic E-state index is 12.9. The standard InChI is InChI=1S/C10H8F6O.C8H18O2.C7H8.C4H4F6O.C3F6O.C3H6/c11-9(12,13)8(10(14,15)16)6-3-1-2-4(6)5(2)7(3)17-8;1-7(2,3)9-10-8(4,5)6;1-2-7-4-3-6(1)5-7;1-2(11,3(5,6)7)4(8,9)10;4-2(5,6)1(10)3(7,8)9;1-2-3-1/h2-7H,1H2;1-6H3;1-4,6-7H,5H2;11H,1H3;;1-3H2. The SMILES string of the molecule is C1=CC2C=CC1C2.C1CC1.CC(C)(C)OOC(C)(C)C.CC(O)(C(F)(F)F)C(F)(F)F.FC(F)(F)C1(C(F)(F)F)OC2C3CC4C2C4C31.O=C(C(F)(F)F)C(F)(F)F. The molecule has 340 valence electrons. The number of hydrogen-bond acceptors (Lipinski definition) is 5. The first-order chi connectivity index (χ1) is 25.5. The van der Waals surface area contributed by atoms with Crippen molar-refractivity contribution in [2.45, 2.75) is 146 Å². The van der Waals surface area contributed by atoms with Crippen LogP contribution in [0.5, 0.6) is 0 Å². The Kier molecular flexibility index (Phi) is 15.1. The van der Waals surface area contributed by atoms with Crippen LogP contribution in [0.4, 0.5) is 79.0 Å². The van der Waals surface area contributed by atoms with Gasteiger partial charge in [-0.3, -0.25) is 4.79 Å². The summed E-state index contributed by atoms with van der Waals surface area (Å²) in [4.78, 5) is 19.4. The molecule has 1 heterocycles. The second-order valence-electron chi connectivity index (χ2n) is 16.7. The van der Waals surface area contributed by atoms with Crippen LogP contribution in [0.15, 0.2) is 24.3 Å². The molecule has 8 bridgehead atoms. The molecule has 0 aromatic carbocycles. The average Bonchev–Trinajstić information content (AvgIpc) is 3.65. The molecule has 58 heavy (non-hydrogen) atoms. The van der Waals surface area contributed by atoms with E-state index in [9.17, 15) is 83.8 Å². The molecule has 6 atom stereocenters. The topological polar surface area (TPSA) is 65.0 Å². The van der Waals surface area contributed by atoms with Crippen LogP contribution < -0.4 is 0 Å². The van der Waals surface area contributed by atoms with Gasteiger partial charge in [0.25, 0.3) is 11.2 Å². The number of ketones is 1. The van der Waals surface area contributed by atoms with Gasteiger partial charge in [-0.25, -0.2) is 9.78 Å². The minimum Gasteiger partial charge on any atom is -0.374 e. The fourth-order valence-electron chi connectivity index (χ4n) is 6.68. The van der Waals surface area contributed by atoms with Gasteiger partial charge in [-0.2, -0.15) is 79.0 Å². The molecule has 5 saturated carbocycles. The number of Topliss-reactive ketones (excluding diaryl/α,β-unsaturated/α-hetero) is 1. The highest BCUT2D eigenvalue weighted by Crippen LogP contribution is 2.83. The number of allylic oxidation sites excluding steroid dienone is 4. The molecule has 7 aliphatic carbocycles. The van der Waals surface area contributed by atoms with E-state index in [-0.39, 0.29) is 30.0 Å². The highest BCUT2D eigenvalue weighted by atomic mass is 19.4. The molecular weight excluding hydrogens is 842 g/mol. The van der Waals surface area contributed by atoms with Crippen molar-refractivity contribution < 1.29 is 103 Å². The maximum absolute atomic E-state index is 12.9. The number of halogens is 18. The second-order valence-corrected chi connectivity index (χ2v) is 16.7. The van der Waals surface area contributed by atoms with Crippen molar-refractivity contribution in [3.63, 3.8) is 0 Å². The highest BCUT2D eigenvalue weighted by Gasteiger charge is 2.92. The van der Waals surface area contributed by atoms with Crippen LogP contribution in [0.2, 0.25) is 0 Å². The van der Waals surface area contributed by atoms with Gasteiger partial charge in [-0.05, 0) is 96.8 Å². The first-order valence-corrected chi connectivity index (χ1v) is 17.6. The van der Waals surface area contributed by atoms with Crippen LogP contribution >= 0.6 is 0 Å². The van der Waals surface area contributed by atoms with Crippen LogP contribution in [0, 0.1) is 41.4 Å². The van der Waals surface area contributed by atoms with Crippen LogP contribution in [0.3, 0.4) is 0 Å². The van der Waals surface area contributed by atoms with Crippen molar-refractivity contribution in [3.8, 4) is 0 Å². The molecule has 1 N–H and O–H groups in total. The first-order valence-electron chi connectivity index (χ1n) is 17.6. The van der Waals surface area contributed by atoms with E-state index >= 15 is 0 Å². The van der Waals surface area contributed by atoms with Crippen molar-refractivity contribution in [2.75, 3.05) is 0 Å². The molecule has 0 aromatic rings. The van der Waals surface area contributed by atoms with Gasteiger partial charge in [0, 0.05) is 5.92 Å². The van der Waals surface area contributed by atoms with E-state index in [2.05, 4.69) is 29.0 Å². The third-order valence-electron chi connectivity index (χ3n) is 9.42. The number of aliphatic hydroxyl groups is 1. The smallest absolute Gasteiger partial charge is 0.374 e. The predicted molar refractivity (Wildman–Crippen MR) is 167 cm³/mol. The Morgan fingerprint density at radius 3 is 1.05 bits per heavy atom. The normalized spacial score (nSPS) is 29.7. The molecule has 5 nitrogen and oxygen atoms in total. The molecule has 6 unspecified atom stereocenters. The summed E-state index contributed by atoms with van der Waals surface area (Å²) < 4.78 is 215. The Labute approximate surface area is 321 Å². The zero-order valence-electron chi connectivity index (χ0n) is 31.8. The van der Waals surface area contributed by atoms with E-state index < -0.39 is 77.9 Å². The number of ether oxygens (including phenoxy) is 1. The Hall–Kier alpha value is -2.27. The van der Waals surface area contributed by atoms with Gasteiger partial charge in [-0.1, -0.05) is 43.6 Å². The summed E-state index contributed by atoms with van der Waals surface area (Å²) in [6.45, 7) is 11.4. The molecule has 23 heteroatoms. The average molecular weight is 887 g/mol. The Bertz CT molecular complexity index is 1350. The van der Waals surface area contributed by atoms with Crippen LogP contribution in [-0.4, -0.2) is 76.5 Å².